The van der Waals surface area contributed by atoms with E-state index in [0.717, 1.165) is 28.4 Å². The number of hydrogen-bond donors (Lipinski definition) is 1. The number of aromatic nitrogens is 2. The average Bonchev–Trinajstić information content (AvgIpc) is 3.20. The number of para-hydroxylation sites is 1. The summed E-state index contributed by atoms with van der Waals surface area (Å²) < 4.78 is 5.61. The Kier molecular flexibility index (Phi) is 4.69. The smallest absolute Gasteiger partial charge is 0.128 e. The molecule has 0 spiro atoms. The molecule has 124 valence electrons. The molecule has 4 nitrogen and oxygen atoms in total. The van der Waals surface area contributed by atoms with Crippen LogP contribution in [-0.4, -0.2) is 33.5 Å². The molecule has 0 aliphatic heterocycles. The quantitative estimate of drug-likeness (QED) is 0.538. The highest BCUT2D eigenvalue weighted by atomic mass is 32.2. The minimum absolute atomic E-state index is 0.285. The molecule has 1 N–H and O–H groups in total. The number of thioether (sulfide) groups is 1. The van der Waals surface area contributed by atoms with Crippen LogP contribution >= 0.6 is 23.1 Å². The Labute approximate surface area is 148 Å². The Morgan fingerprint density at radius 3 is 2.96 bits per heavy atom. The van der Waals surface area contributed by atoms with Crippen molar-refractivity contribution in [1.82, 2.24) is 9.97 Å². The van der Waals surface area contributed by atoms with Gasteiger partial charge in [0.15, 0.2) is 0 Å². The minimum Gasteiger partial charge on any atom is -0.491 e. The Bertz CT molecular complexity index is 836. The van der Waals surface area contributed by atoms with Crippen molar-refractivity contribution in [2.24, 2.45) is 0 Å². The summed E-state index contributed by atoms with van der Waals surface area (Å²) in [5.41, 5.74) is 1.42. The third kappa shape index (κ3) is 3.27. The van der Waals surface area contributed by atoms with Gasteiger partial charge in [0, 0.05) is 16.0 Å². The maximum atomic E-state index is 10.2. The summed E-state index contributed by atoms with van der Waals surface area (Å²) >= 11 is 3.38. The topological polar surface area (TPSA) is 55.2 Å². The second-order valence-electron chi connectivity index (χ2n) is 5.81. The number of fused-ring (bicyclic) bond motifs is 3. The molecule has 1 aliphatic carbocycles. The summed E-state index contributed by atoms with van der Waals surface area (Å²) in [6, 6.07) is 9.57. The molecule has 1 atom stereocenters. The van der Waals surface area contributed by atoms with E-state index in [9.17, 15) is 5.11 Å². The number of nitrogens with zero attached hydrogens (tertiary/aromatic N) is 2. The SMILES string of the molecule is O[C@H](COc1ccccc1)CSc1ncnc2sc3c(c12)CCC3. The zero-order chi connectivity index (χ0) is 16.4. The highest BCUT2D eigenvalue weighted by Crippen LogP contribution is 2.40. The van der Waals surface area contributed by atoms with Gasteiger partial charge in [-0.1, -0.05) is 18.2 Å². The van der Waals surface area contributed by atoms with Crippen molar-refractivity contribution in [3.63, 3.8) is 0 Å². The second-order valence-corrected chi connectivity index (χ2v) is 7.90. The van der Waals surface area contributed by atoms with E-state index in [4.69, 9.17) is 4.74 Å². The molecule has 3 aromatic rings. The molecule has 0 saturated carbocycles. The van der Waals surface area contributed by atoms with Crippen molar-refractivity contribution in [2.45, 2.75) is 30.4 Å². The van der Waals surface area contributed by atoms with Crippen LogP contribution in [0.4, 0.5) is 0 Å². The van der Waals surface area contributed by atoms with Crippen LogP contribution in [0.1, 0.15) is 16.9 Å². The number of rotatable bonds is 6. The summed E-state index contributed by atoms with van der Waals surface area (Å²) in [6.45, 7) is 0.285. The van der Waals surface area contributed by atoms with E-state index in [1.807, 2.05) is 30.3 Å². The van der Waals surface area contributed by atoms with E-state index in [1.165, 1.54) is 22.2 Å². The first kappa shape index (κ1) is 15.9. The molecule has 0 radical (unpaired) electrons. The molecule has 24 heavy (non-hydrogen) atoms. The van der Waals surface area contributed by atoms with Crippen molar-refractivity contribution in [3.8, 4) is 5.75 Å². The van der Waals surface area contributed by atoms with Gasteiger partial charge >= 0.3 is 0 Å². The van der Waals surface area contributed by atoms with Crippen LogP contribution in [0.5, 0.6) is 5.75 Å². The zero-order valence-corrected chi connectivity index (χ0v) is 14.8. The number of aliphatic hydroxyl groups excluding tert-OH is 1. The van der Waals surface area contributed by atoms with Gasteiger partial charge in [-0.15, -0.1) is 23.1 Å². The molecule has 4 rings (SSSR count). The third-order valence-electron chi connectivity index (χ3n) is 4.06. The van der Waals surface area contributed by atoms with Gasteiger partial charge in [-0.25, -0.2) is 9.97 Å². The van der Waals surface area contributed by atoms with Gasteiger partial charge in [-0.05, 0) is 37.0 Å². The van der Waals surface area contributed by atoms with E-state index in [2.05, 4.69) is 9.97 Å². The molecule has 0 saturated heterocycles. The molecular formula is C18H18N2O2S2. The predicted molar refractivity (Wildman–Crippen MR) is 98.1 cm³/mol. The van der Waals surface area contributed by atoms with Crippen LogP contribution in [0.25, 0.3) is 10.2 Å². The van der Waals surface area contributed by atoms with Gasteiger partial charge < -0.3 is 9.84 Å². The molecule has 0 fully saturated rings. The zero-order valence-electron chi connectivity index (χ0n) is 13.1. The van der Waals surface area contributed by atoms with Gasteiger partial charge in [-0.3, -0.25) is 0 Å². The van der Waals surface area contributed by atoms with Crippen LogP contribution in [0, 0.1) is 0 Å². The van der Waals surface area contributed by atoms with E-state index < -0.39 is 6.10 Å². The molecule has 0 unspecified atom stereocenters. The minimum atomic E-state index is -0.535. The average molecular weight is 358 g/mol. The standard InChI is InChI=1S/C18H18N2O2S2/c21-12(9-22-13-5-2-1-3-6-13)10-23-17-16-14-7-4-8-15(14)24-18(16)20-11-19-17/h1-3,5-6,11-12,21H,4,7-10H2/t12-/m1/s1. The second kappa shape index (κ2) is 7.09. The maximum Gasteiger partial charge on any atom is 0.128 e. The van der Waals surface area contributed by atoms with Crippen molar-refractivity contribution in [3.05, 3.63) is 47.1 Å². The number of ether oxygens (including phenoxy) is 1. The Morgan fingerprint density at radius 1 is 1.21 bits per heavy atom. The van der Waals surface area contributed by atoms with Crippen LogP contribution in [-0.2, 0) is 12.8 Å². The van der Waals surface area contributed by atoms with Gasteiger partial charge in [-0.2, -0.15) is 0 Å². The Hall–Kier alpha value is -1.63. The summed E-state index contributed by atoms with van der Waals surface area (Å²) in [5, 5.41) is 12.4. The number of benzene rings is 1. The van der Waals surface area contributed by atoms with E-state index >= 15 is 0 Å². The van der Waals surface area contributed by atoms with Crippen LogP contribution in [0.3, 0.4) is 0 Å². The lowest BCUT2D eigenvalue weighted by Gasteiger charge is -2.12. The largest absolute Gasteiger partial charge is 0.491 e. The van der Waals surface area contributed by atoms with Crippen LogP contribution < -0.4 is 4.74 Å². The van der Waals surface area contributed by atoms with Crippen LogP contribution in [0.2, 0.25) is 0 Å². The lowest BCUT2D eigenvalue weighted by molar-refractivity contribution is 0.126. The first-order chi connectivity index (χ1) is 11.8. The van der Waals surface area contributed by atoms with E-state index in [1.54, 1.807) is 29.4 Å². The van der Waals surface area contributed by atoms with Gasteiger partial charge in [0.25, 0.3) is 0 Å². The highest BCUT2D eigenvalue weighted by Gasteiger charge is 2.21. The number of aliphatic hydroxyl groups is 1. The Balaban J connectivity index is 1.41. The fourth-order valence-corrected chi connectivity index (χ4v) is 5.17. The maximum absolute atomic E-state index is 10.2. The Morgan fingerprint density at radius 2 is 2.08 bits per heavy atom. The number of hydrogen-bond acceptors (Lipinski definition) is 6. The molecule has 1 aliphatic rings. The van der Waals surface area contributed by atoms with Gasteiger partial charge in [0.05, 0.1) is 6.10 Å². The fourth-order valence-electron chi connectivity index (χ4n) is 2.94. The fraction of sp³-hybridized carbons (Fsp3) is 0.333. The summed E-state index contributed by atoms with van der Waals surface area (Å²) in [4.78, 5) is 11.4. The normalized spacial score (nSPS) is 14.7. The molecule has 1 aromatic carbocycles. The van der Waals surface area contributed by atoms with Crippen molar-refractivity contribution in [1.29, 1.82) is 0 Å². The third-order valence-corrected chi connectivity index (χ3v) is 6.40. The molecule has 2 aromatic heterocycles. The molecule has 2 heterocycles. The number of thiophene rings is 1. The predicted octanol–water partition coefficient (Wildman–Crippen LogP) is 3.71. The van der Waals surface area contributed by atoms with E-state index in [0.29, 0.717) is 5.75 Å². The van der Waals surface area contributed by atoms with Crippen LogP contribution in [0.15, 0.2) is 41.7 Å². The van der Waals surface area contributed by atoms with Gasteiger partial charge in [0.2, 0.25) is 0 Å². The van der Waals surface area contributed by atoms with Crippen molar-refractivity contribution < 1.29 is 9.84 Å². The first-order valence-electron chi connectivity index (χ1n) is 8.05. The summed E-state index contributed by atoms with van der Waals surface area (Å²) in [6.07, 6.45) is 4.60. The summed E-state index contributed by atoms with van der Waals surface area (Å²) in [5.74, 6) is 1.34. The van der Waals surface area contributed by atoms with E-state index in [-0.39, 0.29) is 6.61 Å². The van der Waals surface area contributed by atoms with Crippen molar-refractivity contribution in [2.75, 3.05) is 12.4 Å². The lowest BCUT2D eigenvalue weighted by atomic mass is 10.2. The lowest BCUT2D eigenvalue weighted by Crippen LogP contribution is -2.20. The molecule has 0 amide bonds. The highest BCUT2D eigenvalue weighted by molar-refractivity contribution is 7.99. The monoisotopic (exact) mass is 358 g/mol. The van der Waals surface area contributed by atoms with Gasteiger partial charge in [0.1, 0.15) is 28.5 Å². The first-order valence-corrected chi connectivity index (χ1v) is 9.85. The molecule has 6 heteroatoms. The summed E-state index contributed by atoms with van der Waals surface area (Å²) in [7, 11) is 0. The molecular weight excluding hydrogens is 340 g/mol. The molecule has 0 bridgehead atoms. The van der Waals surface area contributed by atoms with Crippen molar-refractivity contribution >= 4 is 33.3 Å². The number of aryl methyl sites for hydroxylation is 2.